The fourth-order valence-electron chi connectivity index (χ4n) is 2.41. The van der Waals surface area contributed by atoms with Gasteiger partial charge < -0.3 is 15.8 Å². The van der Waals surface area contributed by atoms with Gasteiger partial charge in [-0.1, -0.05) is 11.6 Å². The molecule has 2 aliphatic heterocycles. The Bertz CT molecular complexity index is 538. The molecule has 6 heteroatoms. The molecule has 2 heterocycles. The van der Waals surface area contributed by atoms with E-state index in [-0.39, 0.29) is 12.0 Å². The zero-order valence-electron chi connectivity index (χ0n) is 10.5. The fraction of sp³-hybridized carbons (Fsp3) is 0.462. The number of hydrogen-bond acceptors (Lipinski definition) is 4. The van der Waals surface area contributed by atoms with E-state index in [1.165, 1.54) is 0 Å². The Hall–Kier alpha value is -0.750. The number of fused-ring (bicyclic) bond motifs is 1. The molecule has 0 aromatic heterocycles. The standard InChI is InChI=1S/C13H15ClN2O2S/c1-6-10(2-3-18-6)19-11-5-9-7(4-8(11)14)12(15)13(17)16-9/h4-6,10,12H,2-3,15H2,1H3,(H,16,17). The van der Waals surface area contributed by atoms with E-state index >= 15 is 0 Å². The lowest BCUT2D eigenvalue weighted by atomic mass is 10.1. The highest BCUT2D eigenvalue weighted by molar-refractivity contribution is 8.00. The summed E-state index contributed by atoms with van der Waals surface area (Å²) in [6.07, 6.45) is 1.25. The molecule has 4 nitrogen and oxygen atoms in total. The molecule has 1 fully saturated rings. The number of carbonyl (C=O) groups excluding carboxylic acids is 1. The molecule has 0 bridgehead atoms. The van der Waals surface area contributed by atoms with Crippen molar-refractivity contribution in [2.45, 2.75) is 35.6 Å². The van der Waals surface area contributed by atoms with E-state index in [2.05, 4.69) is 12.2 Å². The lowest BCUT2D eigenvalue weighted by Crippen LogP contribution is -2.19. The third-order valence-corrected chi connectivity index (χ3v) is 5.50. The molecule has 0 aliphatic carbocycles. The number of carbonyl (C=O) groups is 1. The van der Waals surface area contributed by atoms with Gasteiger partial charge in [0.05, 0.1) is 11.1 Å². The minimum atomic E-state index is -0.611. The molecule has 3 N–H and O–H groups in total. The van der Waals surface area contributed by atoms with Crippen LogP contribution < -0.4 is 11.1 Å². The van der Waals surface area contributed by atoms with Gasteiger partial charge in [-0.15, -0.1) is 11.8 Å². The van der Waals surface area contributed by atoms with Crippen LogP contribution in [-0.4, -0.2) is 23.9 Å². The quantitative estimate of drug-likeness (QED) is 0.881. The van der Waals surface area contributed by atoms with Crippen LogP contribution in [0.15, 0.2) is 17.0 Å². The number of hydrogen-bond donors (Lipinski definition) is 2. The number of anilines is 1. The van der Waals surface area contributed by atoms with E-state index in [0.29, 0.717) is 10.3 Å². The van der Waals surface area contributed by atoms with Crippen LogP contribution >= 0.6 is 23.4 Å². The van der Waals surface area contributed by atoms with Crippen LogP contribution in [0, 0.1) is 0 Å². The molecular formula is C13H15ClN2O2S. The Kier molecular flexibility index (Phi) is 3.47. The number of rotatable bonds is 2. The van der Waals surface area contributed by atoms with Gasteiger partial charge in [0.25, 0.3) is 0 Å². The van der Waals surface area contributed by atoms with E-state index in [1.807, 2.05) is 6.07 Å². The van der Waals surface area contributed by atoms with Gasteiger partial charge in [0.2, 0.25) is 5.91 Å². The van der Waals surface area contributed by atoms with Crippen LogP contribution in [0.1, 0.15) is 24.9 Å². The lowest BCUT2D eigenvalue weighted by molar-refractivity contribution is -0.116. The third kappa shape index (κ3) is 2.36. The highest BCUT2D eigenvalue weighted by Crippen LogP contribution is 2.41. The Morgan fingerprint density at radius 2 is 2.32 bits per heavy atom. The largest absolute Gasteiger partial charge is 0.377 e. The summed E-state index contributed by atoms with van der Waals surface area (Å²) in [5.41, 5.74) is 7.34. The molecule has 102 valence electrons. The van der Waals surface area contributed by atoms with E-state index in [0.717, 1.165) is 29.2 Å². The summed E-state index contributed by atoms with van der Waals surface area (Å²) in [5.74, 6) is -0.175. The molecule has 3 rings (SSSR count). The van der Waals surface area contributed by atoms with Gasteiger partial charge in [-0.2, -0.15) is 0 Å². The van der Waals surface area contributed by atoms with E-state index < -0.39 is 6.04 Å². The summed E-state index contributed by atoms with van der Waals surface area (Å²) in [6, 6.07) is 3.10. The van der Waals surface area contributed by atoms with Crippen molar-refractivity contribution in [1.29, 1.82) is 0 Å². The molecule has 1 aromatic carbocycles. The number of nitrogens with one attached hydrogen (secondary N) is 1. The van der Waals surface area contributed by atoms with Crippen LogP contribution in [-0.2, 0) is 9.53 Å². The van der Waals surface area contributed by atoms with Crippen molar-refractivity contribution in [3.8, 4) is 0 Å². The average Bonchev–Trinajstić information content (AvgIpc) is 2.88. The number of nitrogens with two attached hydrogens (primary N) is 1. The fourth-order valence-corrected chi connectivity index (χ4v) is 3.88. The van der Waals surface area contributed by atoms with Crippen molar-refractivity contribution in [3.63, 3.8) is 0 Å². The molecule has 3 unspecified atom stereocenters. The molecule has 0 saturated carbocycles. The van der Waals surface area contributed by atoms with Crippen LogP contribution in [0.3, 0.4) is 0 Å². The summed E-state index contributed by atoms with van der Waals surface area (Å²) in [5, 5.41) is 3.84. The van der Waals surface area contributed by atoms with Crippen LogP contribution in [0.5, 0.6) is 0 Å². The first-order valence-electron chi connectivity index (χ1n) is 6.24. The second-order valence-electron chi connectivity index (χ2n) is 4.86. The Balaban J connectivity index is 1.88. The molecular weight excluding hydrogens is 284 g/mol. The smallest absolute Gasteiger partial charge is 0.245 e. The second-order valence-corrected chi connectivity index (χ2v) is 6.55. The predicted octanol–water partition coefficient (Wildman–Crippen LogP) is 2.56. The summed E-state index contributed by atoms with van der Waals surface area (Å²) in [4.78, 5) is 12.5. The molecule has 1 amide bonds. The average molecular weight is 299 g/mol. The van der Waals surface area contributed by atoms with Gasteiger partial charge in [-0.05, 0) is 25.5 Å². The minimum absolute atomic E-state index is 0.175. The number of thioether (sulfide) groups is 1. The topological polar surface area (TPSA) is 64.3 Å². The number of ether oxygens (including phenoxy) is 1. The monoisotopic (exact) mass is 298 g/mol. The van der Waals surface area contributed by atoms with E-state index in [9.17, 15) is 4.79 Å². The number of amides is 1. The molecule has 1 saturated heterocycles. The summed E-state index contributed by atoms with van der Waals surface area (Å²) in [6.45, 7) is 2.87. The maximum absolute atomic E-state index is 11.5. The van der Waals surface area contributed by atoms with Crippen molar-refractivity contribution in [3.05, 3.63) is 22.7 Å². The first-order valence-corrected chi connectivity index (χ1v) is 7.50. The van der Waals surface area contributed by atoms with Crippen molar-refractivity contribution in [1.82, 2.24) is 0 Å². The summed E-state index contributed by atoms with van der Waals surface area (Å²) >= 11 is 8.00. The summed E-state index contributed by atoms with van der Waals surface area (Å²) in [7, 11) is 0. The van der Waals surface area contributed by atoms with Gasteiger partial charge in [-0.25, -0.2) is 0 Å². The highest BCUT2D eigenvalue weighted by Gasteiger charge is 2.30. The minimum Gasteiger partial charge on any atom is -0.377 e. The zero-order valence-corrected chi connectivity index (χ0v) is 12.1. The zero-order chi connectivity index (χ0) is 13.6. The first-order chi connectivity index (χ1) is 9.06. The molecule has 2 aliphatic rings. The first kappa shape index (κ1) is 13.2. The van der Waals surface area contributed by atoms with Crippen LogP contribution in [0.25, 0.3) is 0 Å². The molecule has 1 aromatic rings. The molecule has 19 heavy (non-hydrogen) atoms. The van der Waals surface area contributed by atoms with Gasteiger partial charge in [0, 0.05) is 28.0 Å². The number of halogens is 1. The van der Waals surface area contributed by atoms with Crippen molar-refractivity contribution < 1.29 is 9.53 Å². The van der Waals surface area contributed by atoms with E-state index in [1.54, 1.807) is 17.8 Å². The van der Waals surface area contributed by atoms with E-state index in [4.69, 9.17) is 22.1 Å². The maximum atomic E-state index is 11.5. The van der Waals surface area contributed by atoms with Crippen molar-refractivity contribution >= 4 is 35.0 Å². The lowest BCUT2D eigenvalue weighted by Gasteiger charge is -2.15. The van der Waals surface area contributed by atoms with Gasteiger partial charge in [0.1, 0.15) is 6.04 Å². The van der Waals surface area contributed by atoms with Crippen molar-refractivity contribution in [2.75, 3.05) is 11.9 Å². The van der Waals surface area contributed by atoms with Gasteiger partial charge in [-0.3, -0.25) is 4.79 Å². The van der Waals surface area contributed by atoms with Crippen LogP contribution in [0.2, 0.25) is 5.02 Å². The normalized spacial score (nSPS) is 29.4. The SMILES string of the molecule is CC1OCCC1Sc1cc2c(cc1Cl)C(N)C(=O)N2. The number of benzene rings is 1. The Morgan fingerprint density at radius 1 is 1.53 bits per heavy atom. The highest BCUT2D eigenvalue weighted by atomic mass is 35.5. The van der Waals surface area contributed by atoms with Crippen LogP contribution in [0.4, 0.5) is 5.69 Å². The molecule has 3 atom stereocenters. The van der Waals surface area contributed by atoms with Gasteiger partial charge in [0.15, 0.2) is 0 Å². The third-order valence-electron chi connectivity index (χ3n) is 3.56. The summed E-state index contributed by atoms with van der Waals surface area (Å²) < 4.78 is 5.55. The Labute approximate surface area is 121 Å². The molecule has 0 radical (unpaired) electrons. The predicted molar refractivity (Wildman–Crippen MR) is 76.7 cm³/mol. The maximum Gasteiger partial charge on any atom is 0.245 e. The molecule has 0 spiro atoms. The Morgan fingerprint density at radius 3 is 3.00 bits per heavy atom. The van der Waals surface area contributed by atoms with Gasteiger partial charge >= 0.3 is 0 Å². The second kappa shape index (κ2) is 4.98. The van der Waals surface area contributed by atoms with Crippen molar-refractivity contribution in [2.24, 2.45) is 5.73 Å².